The molecule has 3 rings (SSSR count). The normalized spacial score (nSPS) is 22.8. The Balaban J connectivity index is 1.84. The van der Waals surface area contributed by atoms with Crippen LogP contribution in [0.25, 0.3) is 0 Å². The first-order valence-electron chi connectivity index (χ1n) is 9.31. The van der Waals surface area contributed by atoms with Crippen LogP contribution in [0.4, 0.5) is 0 Å². The molecule has 1 aromatic carbocycles. The molecule has 0 radical (unpaired) electrons. The lowest BCUT2D eigenvalue weighted by Gasteiger charge is -2.39. The minimum atomic E-state index is -0.383. The van der Waals surface area contributed by atoms with Gasteiger partial charge in [-0.05, 0) is 30.0 Å². The van der Waals surface area contributed by atoms with Crippen LogP contribution in [0.15, 0.2) is 24.3 Å². The fourth-order valence-corrected chi connectivity index (χ4v) is 3.86. The minimum absolute atomic E-state index is 0.0697. The maximum atomic E-state index is 13.2. The first-order valence-corrected chi connectivity index (χ1v) is 9.31. The topological polar surface area (TPSA) is 52.7 Å². The van der Waals surface area contributed by atoms with Gasteiger partial charge in [0, 0.05) is 39.0 Å². The molecule has 0 spiro atoms. The zero-order valence-electron chi connectivity index (χ0n) is 15.5. The quantitative estimate of drug-likeness (QED) is 0.907. The van der Waals surface area contributed by atoms with Gasteiger partial charge in [0.1, 0.15) is 6.04 Å². The van der Waals surface area contributed by atoms with E-state index in [1.165, 1.54) is 5.56 Å². The van der Waals surface area contributed by atoms with Crippen LogP contribution in [-0.2, 0) is 22.6 Å². The monoisotopic (exact) mass is 343 g/mol. The summed E-state index contributed by atoms with van der Waals surface area (Å²) in [5.74, 6) is 0.443. The van der Waals surface area contributed by atoms with Gasteiger partial charge in [0.2, 0.25) is 11.8 Å². The second-order valence-corrected chi connectivity index (χ2v) is 7.70. The molecule has 0 aliphatic carbocycles. The summed E-state index contributed by atoms with van der Waals surface area (Å²) in [7, 11) is 1.88. The molecule has 1 fully saturated rings. The molecule has 0 bridgehead atoms. The van der Waals surface area contributed by atoms with Crippen molar-refractivity contribution in [1.29, 1.82) is 0 Å². The van der Waals surface area contributed by atoms with E-state index in [0.29, 0.717) is 19.4 Å². The molecule has 5 nitrogen and oxygen atoms in total. The van der Waals surface area contributed by atoms with E-state index in [1.54, 1.807) is 0 Å². The molecule has 5 heteroatoms. The van der Waals surface area contributed by atoms with Crippen LogP contribution < -0.4 is 5.32 Å². The van der Waals surface area contributed by atoms with E-state index in [-0.39, 0.29) is 29.8 Å². The standard InChI is InChI=1S/C20H29N3O2/c1-14(2)10-19(24)23-13-16-7-5-4-6-15(16)11-18(23)20(25)22(3)17-8-9-21-12-17/h4-7,14,17-18,21H,8-13H2,1-3H3. The molecule has 1 N–H and O–H groups in total. The van der Waals surface area contributed by atoms with Crippen molar-refractivity contribution in [2.24, 2.45) is 5.92 Å². The molecule has 1 saturated heterocycles. The third kappa shape index (κ3) is 3.87. The summed E-state index contributed by atoms with van der Waals surface area (Å²) in [6.45, 7) is 6.41. The average molecular weight is 343 g/mol. The molecule has 0 aromatic heterocycles. The third-order valence-electron chi connectivity index (χ3n) is 5.37. The maximum absolute atomic E-state index is 13.2. The highest BCUT2D eigenvalue weighted by Gasteiger charge is 2.37. The van der Waals surface area contributed by atoms with E-state index in [1.807, 2.05) is 42.8 Å². The molecule has 2 aliphatic rings. The SMILES string of the molecule is CC(C)CC(=O)N1Cc2ccccc2CC1C(=O)N(C)C1CCNC1. The highest BCUT2D eigenvalue weighted by molar-refractivity contribution is 5.88. The maximum Gasteiger partial charge on any atom is 0.245 e. The highest BCUT2D eigenvalue weighted by atomic mass is 16.2. The van der Waals surface area contributed by atoms with Crippen molar-refractivity contribution in [2.75, 3.05) is 20.1 Å². The number of nitrogens with zero attached hydrogens (tertiary/aromatic N) is 2. The zero-order chi connectivity index (χ0) is 18.0. The first kappa shape index (κ1) is 17.9. The molecule has 1 aromatic rings. The molecular formula is C20H29N3O2. The second kappa shape index (κ2) is 7.56. The van der Waals surface area contributed by atoms with E-state index < -0.39 is 0 Å². The van der Waals surface area contributed by atoms with Crippen molar-refractivity contribution >= 4 is 11.8 Å². The van der Waals surface area contributed by atoms with Crippen molar-refractivity contribution in [2.45, 2.75) is 51.7 Å². The van der Waals surface area contributed by atoms with Gasteiger partial charge in [0.15, 0.2) is 0 Å². The fourth-order valence-electron chi connectivity index (χ4n) is 3.86. The summed E-state index contributed by atoms with van der Waals surface area (Å²) in [6, 6.07) is 8.00. The number of carbonyl (C=O) groups excluding carboxylic acids is 2. The highest BCUT2D eigenvalue weighted by Crippen LogP contribution is 2.26. The zero-order valence-corrected chi connectivity index (χ0v) is 15.5. The Hall–Kier alpha value is -1.88. The van der Waals surface area contributed by atoms with E-state index in [9.17, 15) is 9.59 Å². The number of fused-ring (bicyclic) bond motifs is 1. The average Bonchev–Trinajstić information content (AvgIpc) is 3.13. The molecule has 2 atom stereocenters. The molecular weight excluding hydrogens is 314 g/mol. The second-order valence-electron chi connectivity index (χ2n) is 7.70. The summed E-state index contributed by atoms with van der Waals surface area (Å²) in [6.07, 6.45) is 2.08. The molecule has 2 aliphatic heterocycles. The van der Waals surface area contributed by atoms with Crippen molar-refractivity contribution in [3.8, 4) is 0 Å². The molecule has 2 amide bonds. The Bertz CT molecular complexity index is 638. The van der Waals surface area contributed by atoms with E-state index >= 15 is 0 Å². The predicted molar refractivity (Wildman–Crippen MR) is 98.0 cm³/mol. The number of nitrogens with one attached hydrogen (secondary N) is 1. The largest absolute Gasteiger partial charge is 0.340 e. The van der Waals surface area contributed by atoms with Gasteiger partial charge in [-0.2, -0.15) is 0 Å². The van der Waals surface area contributed by atoms with Crippen LogP contribution in [-0.4, -0.2) is 53.8 Å². The summed E-state index contributed by atoms with van der Waals surface area (Å²) >= 11 is 0. The summed E-state index contributed by atoms with van der Waals surface area (Å²) in [5.41, 5.74) is 2.35. The van der Waals surface area contributed by atoms with Crippen molar-refractivity contribution in [3.63, 3.8) is 0 Å². The van der Waals surface area contributed by atoms with Gasteiger partial charge in [0.05, 0.1) is 0 Å². The Morgan fingerprint density at radius 1 is 1.28 bits per heavy atom. The molecule has 25 heavy (non-hydrogen) atoms. The fraction of sp³-hybridized carbons (Fsp3) is 0.600. The number of likely N-dealkylation sites (N-methyl/N-ethyl adjacent to an activating group) is 1. The number of amides is 2. The van der Waals surface area contributed by atoms with Gasteiger partial charge in [0.25, 0.3) is 0 Å². The lowest BCUT2D eigenvalue weighted by Crippen LogP contribution is -2.55. The van der Waals surface area contributed by atoms with E-state index in [4.69, 9.17) is 0 Å². The van der Waals surface area contributed by atoms with Gasteiger partial charge in [-0.25, -0.2) is 0 Å². The summed E-state index contributed by atoms with van der Waals surface area (Å²) in [5, 5.41) is 3.31. The Kier molecular flexibility index (Phi) is 5.42. The molecule has 136 valence electrons. The first-order chi connectivity index (χ1) is 12.0. The van der Waals surface area contributed by atoms with Crippen LogP contribution in [0.2, 0.25) is 0 Å². The smallest absolute Gasteiger partial charge is 0.245 e. The van der Waals surface area contributed by atoms with Gasteiger partial charge < -0.3 is 15.1 Å². The van der Waals surface area contributed by atoms with Crippen LogP contribution in [0.1, 0.15) is 37.8 Å². The Morgan fingerprint density at radius 3 is 2.64 bits per heavy atom. The molecule has 2 unspecified atom stereocenters. The van der Waals surface area contributed by atoms with Crippen LogP contribution >= 0.6 is 0 Å². The number of hydrogen-bond acceptors (Lipinski definition) is 3. The molecule has 2 heterocycles. The Labute approximate surface area is 150 Å². The number of rotatable bonds is 4. The number of hydrogen-bond donors (Lipinski definition) is 1. The van der Waals surface area contributed by atoms with Crippen LogP contribution in [0.3, 0.4) is 0 Å². The molecule has 0 saturated carbocycles. The van der Waals surface area contributed by atoms with Crippen molar-refractivity contribution in [1.82, 2.24) is 15.1 Å². The van der Waals surface area contributed by atoms with E-state index in [2.05, 4.69) is 17.4 Å². The van der Waals surface area contributed by atoms with Crippen molar-refractivity contribution in [3.05, 3.63) is 35.4 Å². The van der Waals surface area contributed by atoms with E-state index in [0.717, 1.165) is 25.1 Å². The van der Waals surface area contributed by atoms with Crippen LogP contribution in [0, 0.1) is 5.92 Å². The van der Waals surface area contributed by atoms with Crippen molar-refractivity contribution < 1.29 is 9.59 Å². The Morgan fingerprint density at radius 2 is 2.00 bits per heavy atom. The number of benzene rings is 1. The lowest BCUT2D eigenvalue weighted by atomic mass is 9.92. The van der Waals surface area contributed by atoms with Crippen LogP contribution in [0.5, 0.6) is 0 Å². The minimum Gasteiger partial charge on any atom is -0.340 e. The van der Waals surface area contributed by atoms with Gasteiger partial charge in [-0.15, -0.1) is 0 Å². The van der Waals surface area contributed by atoms with Gasteiger partial charge >= 0.3 is 0 Å². The summed E-state index contributed by atoms with van der Waals surface area (Å²) in [4.78, 5) is 29.7. The van der Waals surface area contributed by atoms with Gasteiger partial charge in [-0.3, -0.25) is 9.59 Å². The number of carbonyl (C=O) groups is 2. The predicted octanol–water partition coefficient (Wildman–Crippen LogP) is 1.81. The summed E-state index contributed by atoms with van der Waals surface area (Å²) < 4.78 is 0. The third-order valence-corrected chi connectivity index (χ3v) is 5.37. The van der Waals surface area contributed by atoms with Gasteiger partial charge in [-0.1, -0.05) is 38.1 Å². The lowest BCUT2D eigenvalue weighted by molar-refractivity contribution is -0.147.